The summed E-state index contributed by atoms with van der Waals surface area (Å²) in [6.07, 6.45) is 14.5. The second kappa shape index (κ2) is 29.7. The first-order chi connectivity index (χ1) is 39.4. The number of unbranched alkanes of at least 4 members (excludes halogenated alkanes) is 8. The van der Waals surface area contributed by atoms with Crippen LogP contribution in [0.4, 0.5) is 0 Å². The van der Waals surface area contributed by atoms with Crippen LogP contribution >= 0.6 is 0 Å². The number of hydrogen-bond donors (Lipinski definition) is 2. The van der Waals surface area contributed by atoms with Gasteiger partial charge in [0, 0.05) is 16.5 Å². The quantitative estimate of drug-likeness (QED) is 0.0300. The monoisotopic (exact) mass is 1150 g/mol. The van der Waals surface area contributed by atoms with E-state index >= 15 is 0 Å². The number of H-pyrrole nitrogens is 2. The van der Waals surface area contributed by atoms with Crippen molar-refractivity contribution in [3.05, 3.63) is 48.5 Å². The topological polar surface area (TPSA) is 183 Å². The minimum absolute atomic E-state index is 0. The third-order valence-electron chi connectivity index (χ3n) is 14.2. The Morgan fingerprint density at radius 2 is 0.432 bits per heavy atom. The molecule has 0 amide bonds. The molecule has 0 spiro atoms. The van der Waals surface area contributed by atoms with Crippen molar-refractivity contribution in [2.45, 2.75) is 158 Å². The Hall–Kier alpha value is -6.87. The molecule has 4 aromatic carbocycles. The molecule has 436 valence electrons. The number of ether oxygens (including phenoxy) is 8. The van der Waals surface area contributed by atoms with Crippen LogP contribution in [0.3, 0.4) is 0 Å². The van der Waals surface area contributed by atoms with Gasteiger partial charge in [-0.3, -0.25) is 0 Å². The van der Waals surface area contributed by atoms with Gasteiger partial charge in [-0.25, -0.2) is 29.9 Å². The van der Waals surface area contributed by atoms with Crippen molar-refractivity contribution in [2.24, 2.45) is 0 Å². The van der Waals surface area contributed by atoms with E-state index in [1.165, 1.54) is 0 Å². The number of benzene rings is 4. The Bertz CT molecular complexity index is 2970. The Morgan fingerprint density at radius 1 is 0.259 bits per heavy atom. The van der Waals surface area contributed by atoms with Crippen LogP contribution in [0, 0.1) is 0 Å². The second-order valence-electron chi connectivity index (χ2n) is 20.5. The third kappa shape index (κ3) is 13.6. The van der Waals surface area contributed by atoms with E-state index in [1.807, 2.05) is 48.5 Å². The van der Waals surface area contributed by atoms with Gasteiger partial charge in [-0.1, -0.05) is 107 Å². The van der Waals surface area contributed by atoms with Crippen LogP contribution in [0.15, 0.2) is 48.5 Å². The molecule has 0 saturated carbocycles. The maximum Gasteiger partial charge on any atom is 0.168 e. The van der Waals surface area contributed by atoms with Crippen molar-refractivity contribution < 1.29 is 54.4 Å². The molecule has 0 aliphatic carbocycles. The summed E-state index contributed by atoms with van der Waals surface area (Å²) >= 11 is 0. The summed E-state index contributed by atoms with van der Waals surface area (Å²) < 4.78 is 53.6. The van der Waals surface area contributed by atoms with Gasteiger partial charge < -0.3 is 47.9 Å². The van der Waals surface area contributed by atoms with E-state index in [-0.39, 0.29) is 16.5 Å². The fraction of sp³-hybridized carbons (Fsp3) is 0.500. The number of nitrogens with zero attached hydrogens (tertiary/aromatic N) is 6. The van der Waals surface area contributed by atoms with E-state index < -0.39 is 0 Å². The predicted molar refractivity (Wildman–Crippen MR) is 319 cm³/mol. The van der Waals surface area contributed by atoms with E-state index in [0.29, 0.717) is 189 Å². The maximum atomic E-state index is 6.70. The van der Waals surface area contributed by atoms with Crippen molar-refractivity contribution in [3.63, 3.8) is 0 Å². The molecule has 9 rings (SSSR count). The molecule has 17 heteroatoms. The van der Waals surface area contributed by atoms with Crippen molar-refractivity contribution in [1.82, 2.24) is 39.9 Å². The predicted octanol–water partition coefficient (Wildman–Crippen LogP) is 16.3. The largest absolute Gasteiger partial charge is 0.493 e. The Labute approximate surface area is 487 Å². The Balaban J connectivity index is 0.00000860. The van der Waals surface area contributed by atoms with Crippen molar-refractivity contribution in [3.8, 4) is 91.5 Å². The zero-order chi connectivity index (χ0) is 55.8. The van der Waals surface area contributed by atoms with Crippen LogP contribution in [0.25, 0.3) is 89.7 Å². The molecule has 3 aromatic heterocycles. The number of fused-ring (bicyclic) bond motifs is 20. The molecule has 2 aliphatic rings. The number of hydrogen-bond acceptors (Lipinski definition) is 14. The van der Waals surface area contributed by atoms with Gasteiger partial charge >= 0.3 is 0 Å². The zero-order valence-electron chi connectivity index (χ0n) is 48.9. The van der Waals surface area contributed by atoms with Gasteiger partial charge in [0.05, 0.1) is 96.7 Å². The molecule has 0 saturated heterocycles. The average Bonchev–Trinajstić information content (AvgIpc) is 4.36. The minimum atomic E-state index is 0. The van der Waals surface area contributed by atoms with Gasteiger partial charge in [0.2, 0.25) is 0 Å². The van der Waals surface area contributed by atoms with Gasteiger partial charge in [-0.15, -0.1) is 0 Å². The van der Waals surface area contributed by atoms with E-state index in [4.69, 9.17) is 67.8 Å². The summed E-state index contributed by atoms with van der Waals surface area (Å²) in [6.45, 7) is 21.2. The summed E-state index contributed by atoms with van der Waals surface area (Å²) in [7, 11) is 0. The zero-order valence-corrected chi connectivity index (χ0v) is 49.8. The average molecular weight is 1150 g/mol. The van der Waals surface area contributed by atoms with Crippen LogP contribution in [-0.4, -0.2) is 92.7 Å². The van der Waals surface area contributed by atoms with Crippen molar-refractivity contribution >= 4 is 44.1 Å². The number of aromatic nitrogens is 8. The van der Waals surface area contributed by atoms with E-state index in [1.54, 1.807) is 0 Å². The first-order valence-corrected chi connectivity index (χ1v) is 29.9. The molecule has 0 atom stereocenters. The summed E-state index contributed by atoms with van der Waals surface area (Å²) in [5.74, 6) is 6.41. The van der Waals surface area contributed by atoms with Crippen LogP contribution in [0.1, 0.15) is 158 Å². The molecular weight excluding hydrogens is 1070 g/mol. The second-order valence-corrected chi connectivity index (χ2v) is 20.5. The summed E-state index contributed by atoms with van der Waals surface area (Å²) in [5, 5.41) is 2.74. The van der Waals surface area contributed by atoms with Gasteiger partial charge in [0.25, 0.3) is 0 Å². The molecule has 0 unspecified atom stereocenters. The van der Waals surface area contributed by atoms with Crippen molar-refractivity contribution in [2.75, 3.05) is 52.9 Å². The first-order valence-electron chi connectivity index (χ1n) is 29.9. The van der Waals surface area contributed by atoms with Crippen LogP contribution < -0.4 is 37.9 Å². The first kappa shape index (κ1) is 60.2. The fourth-order valence-electron chi connectivity index (χ4n) is 9.64. The van der Waals surface area contributed by atoms with Crippen molar-refractivity contribution in [1.29, 1.82) is 0 Å². The van der Waals surface area contributed by atoms with E-state index in [9.17, 15) is 0 Å². The maximum absolute atomic E-state index is 6.70. The Kier molecular flexibility index (Phi) is 22.1. The molecule has 0 fully saturated rings. The normalized spacial score (nSPS) is 11.6. The van der Waals surface area contributed by atoms with Gasteiger partial charge in [-0.2, -0.15) is 0 Å². The molecule has 2 N–H and O–H groups in total. The van der Waals surface area contributed by atoms with Gasteiger partial charge in [0.15, 0.2) is 23.3 Å². The SMILES string of the molecule is CCCCOc1ccc(OCCCC)c2c1-c1nc-2nc2[nH]c(nc3nc(nc4[nH]c(n1)c1c(OCCCC)ccc(OCCCC)c41)-c1c(OCCCC)ccc(OCCCC)c1-3)c1c(OCCCC)ccc(OCCCC)c21.[Ni]. The molecule has 2 aliphatic heterocycles. The number of nitrogens with one attached hydrogen (secondary N) is 2. The van der Waals surface area contributed by atoms with Gasteiger partial charge in [-0.05, 0) is 99.9 Å². The third-order valence-corrected chi connectivity index (χ3v) is 14.2. The summed E-state index contributed by atoms with van der Waals surface area (Å²) in [4.78, 5) is 40.4. The summed E-state index contributed by atoms with van der Waals surface area (Å²) in [6, 6.07) is 15.7. The number of rotatable bonds is 32. The number of aromatic amines is 2. The minimum Gasteiger partial charge on any atom is -0.493 e. The van der Waals surface area contributed by atoms with E-state index in [2.05, 4.69) is 65.4 Å². The molecular formula is C64H82N8NiO8. The van der Waals surface area contributed by atoms with Crippen LogP contribution in [0.5, 0.6) is 46.0 Å². The molecule has 0 radical (unpaired) electrons. The van der Waals surface area contributed by atoms with E-state index in [0.717, 1.165) is 103 Å². The van der Waals surface area contributed by atoms with Gasteiger partial charge in [0.1, 0.15) is 68.6 Å². The Morgan fingerprint density at radius 3 is 0.617 bits per heavy atom. The molecule has 81 heavy (non-hydrogen) atoms. The molecule has 5 heterocycles. The van der Waals surface area contributed by atoms with Crippen LogP contribution in [0.2, 0.25) is 0 Å². The molecule has 16 nitrogen and oxygen atoms in total. The summed E-state index contributed by atoms with van der Waals surface area (Å²) in [5.41, 5.74) is 4.45. The fourth-order valence-corrected chi connectivity index (χ4v) is 9.64. The molecule has 7 aromatic rings. The van der Waals surface area contributed by atoms with Crippen LogP contribution in [-0.2, 0) is 16.5 Å². The standard InChI is InChI=1S/C64H82N8O8.Ni/c1-9-17-33-73-41-25-26-42(74-34-18-10-2)50-49(41)57-65-58(50)70-60-53-45(77-37-21-13-5)29-30-46(78-38-22-14-6)54(53)62(67-60)72-64-56-48(80-40-24-16-8)32-31-47(79-39-23-15-7)55(56)63(68-64)71-61-52-44(76-36-20-12-4)28-27-43(75-35-19-11-3)51(52)59(66-61)69-57;/h25-32H,9-24,33-40H2,1-8H3,(H2,65,66,67,68,69,70,71,72);. The smallest absolute Gasteiger partial charge is 0.168 e. The molecule has 8 bridgehead atoms.